The van der Waals surface area contributed by atoms with Crippen molar-refractivity contribution in [2.24, 2.45) is 0 Å². The van der Waals surface area contributed by atoms with Crippen LogP contribution in [-0.4, -0.2) is 103 Å². The number of methoxy groups -OCH3 is 2. The number of rotatable bonds is 11. The van der Waals surface area contributed by atoms with Gasteiger partial charge in [-0.3, -0.25) is 4.79 Å². The van der Waals surface area contributed by atoms with Gasteiger partial charge in [0.2, 0.25) is 5.88 Å². The third-order valence-corrected chi connectivity index (χ3v) is 7.40. The number of hydrogen-bond donors (Lipinski definition) is 1. The average molecular weight is 581 g/mol. The van der Waals surface area contributed by atoms with Crippen molar-refractivity contribution in [2.75, 3.05) is 45.9 Å². The summed E-state index contributed by atoms with van der Waals surface area (Å²) in [7, 11) is 2.89. The van der Waals surface area contributed by atoms with Crippen molar-refractivity contribution in [3.8, 4) is 5.88 Å². The van der Waals surface area contributed by atoms with Gasteiger partial charge in [-0.1, -0.05) is 0 Å². The Morgan fingerprint density at radius 2 is 1.95 bits per heavy atom. The molecule has 3 atom stereocenters. The first-order valence-electron chi connectivity index (χ1n) is 13.8. The van der Waals surface area contributed by atoms with Crippen molar-refractivity contribution in [1.29, 1.82) is 0 Å². The van der Waals surface area contributed by atoms with Gasteiger partial charge in [0.25, 0.3) is 5.91 Å². The number of thioether (sulfide) groups is 1. The van der Waals surface area contributed by atoms with Crippen LogP contribution in [0.1, 0.15) is 64.3 Å². The van der Waals surface area contributed by atoms with E-state index in [-0.39, 0.29) is 30.6 Å². The summed E-state index contributed by atoms with van der Waals surface area (Å²) in [4.78, 5) is 46.4. The highest BCUT2D eigenvalue weighted by Gasteiger charge is 2.43. The number of morpholine rings is 1. The molecule has 11 nitrogen and oxygen atoms in total. The molecule has 1 saturated carbocycles. The standard InChI is InChI=1S/C28H44N4O7S/c1-18(19-13-20(30-24(14-19)36-5)9-8-12-29-26(34)37-6)32(21-10-11-21)25(33)23-16-31(15-22(38-23)17-40-7)27(35)39-28(2,3)4/h13-14,18,21-23H,8-12,15-17H2,1-7H3,(H,29,34)/t18-,22+,23-/m1/s1. The van der Waals surface area contributed by atoms with E-state index in [1.807, 2.05) is 51.0 Å². The zero-order valence-corrected chi connectivity index (χ0v) is 25.5. The highest BCUT2D eigenvalue weighted by Crippen LogP contribution is 2.37. The number of carbonyl (C=O) groups excluding carboxylic acids is 3. The third-order valence-electron chi connectivity index (χ3n) is 6.69. The molecule has 1 aliphatic carbocycles. The van der Waals surface area contributed by atoms with Gasteiger partial charge in [-0.15, -0.1) is 0 Å². The molecule has 2 aliphatic rings. The van der Waals surface area contributed by atoms with Crippen molar-refractivity contribution in [3.63, 3.8) is 0 Å². The van der Waals surface area contributed by atoms with Gasteiger partial charge in [-0.05, 0) is 71.3 Å². The fourth-order valence-corrected chi connectivity index (χ4v) is 5.24. The van der Waals surface area contributed by atoms with Crippen molar-refractivity contribution in [1.82, 2.24) is 20.1 Å². The molecular weight excluding hydrogens is 536 g/mol. The first kappa shape index (κ1) is 31.8. The topological polar surface area (TPSA) is 120 Å². The molecular formula is C28H44N4O7S. The van der Waals surface area contributed by atoms with E-state index >= 15 is 0 Å². The van der Waals surface area contributed by atoms with Gasteiger partial charge in [0, 0.05) is 30.1 Å². The van der Waals surface area contributed by atoms with E-state index in [1.54, 1.807) is 23.8 Å². The van der Waals surface area contributed by atoms with Gasteiger partial charge in [0.1, 0.15) is 5.60 Å². The van der Waals surface area contributed by atoms with Gasteiger partial charge in [-0.2, -0.15) is 11.8 Å². The van der Waals surface area contributed by atoms with Crippen LogP contribution in [-0.2, 0) is 25.4 Å². The smallest absolute Gasteiger partial charge is 0.410 e. The highest BCUT2D eigenvalue weighted by molar-refractivity contribution is 7.98. The molecule has 0 unspecified atom stereocenters. The Morgan fingerprint density at radius 3 is 2.55 bits per heavy atom. The fourth-order valence-electron chi connectivity index (χ4n) is 4.68. The van der Waals surface area contributed by atoms with Crippen molar-refractivity contribution >= 4 is 29.9 Å². The van der Waals surface area contributed by atoms with Crippen molar-refractivity contribution < 1.29 is 33.3 Å². The molecule has 0 radical (unpaired) electrons. The summed E-state index contributed by atoms with van der Waals surface area (Å²) in [5.41, 5.74) is 1.08. The number of aromatic nitrogens is 1. The second-order valence-electron chi connectivity index (χ2n) is 11.2. The summed E-state index contributed by atoms with van der Waals surface area (Å²) < 4.78 is 22.0. The number of nitrogens with zero attached hydrogens (tertiary/aromatic N) is 3. The maximum atomic E-state index is 14.1. The molecule has 3 amide bonds. The van der Waals surface area contributed by atoms with E-state index in [0.29, 0.717) is 37.6 Å². The number of hydrogen-bond acceptors (Lipinski definition) is 9. The maximum Gasteiger partial charge on any atom is 0.410 e. The van der Waals surface area contributed by atoms with E-state index in [1.165, 1.54) is 7.11 Å². The molecule has 0 bridgehead atoms. The Morgan fingerprint density at radius 1 is 1.23 bits per heavy atom. The number of ether oxygens (including phenoxy) is 4. The second-order valence-corrected chi connectivity index (χ2v) is 12.1. The molecule has 0 spiro atoms. The van der Waals surface area contributed by atoms with Gasteiger partial charge in [0.15, 0.2) is 6.10 Å². The number of pyridine rings is 1. The molecule has 1 aliphatic heterocycles. The van der Waals surface area contributed by atoms with Crippen LogP contribution in [0.5, 0.6) is 5.88 Å². The molecule has 40 heavy (non-hydrogen) atoms. The summed E-state index contributed by atoms with van der Waals surface area (Å²) in [6.07, 6.45) is 3.14. The van der Waals surface area contributed by atoms with Crippen LogP contribution in [0.3, 0.4) is 0 Å². The Kier molecular flexibility index (Phi) is 11.3. The van der Waals surface area contributed by atoms with Crippen LogP contribution in [0.25, 0.3) is 0 Å². The number of carbonyl (C=O) groups is 3. The van der Waals surface area contributed by atoms with Gasteiger partial charge >= 0.3 is 12.2 Å². The van der Waals surface area contributed by atoms with E-state index < -0.39 is 23.9 Å². The normalized spacial score (nSPS) is 19.9. The zero-order chi connectivity index (χ0) is 29.4. The van der Waals surface area contributed by atoms with E-state index in [4.69, 9.17) is 14.2 Å². The van der Waals surface area contributed by atoms with Crippen LogP contribution in [0.15, 0.2) is 12.1 Å². The maximum absolute atomic E-state index is 14.1. The summed E-state index contributed by atoms with van der Waals surface area (Å²) in [6, 6.07) is 3.69. The van der Waals surface area contributed by atoms with Gasteiger partial charge in [-0.25, -0.2) is 14.6 Å². The first-order valence-corrected chi connectivity index (χ1v) is 15.2. The third kappa shape index (κ3) is 9.15. The summed E-state index contributed by atoms with van der Waals surface area (Å²) >= 11 is 1.62. The lowest BCUT2D eigenvalue weighted by molar-refractivity contribution is -0.157. The minimum absolute atomic E-state index is 0.105. The molecule has 3 rings (SSSR count). The minimum Gasteiger partial charge on any atom is -0.481 e. The largest absolute Gasteiger partial charge is 0.481 e. The summed E-state index contributed by atoms with van der Waals surface area (Å²) in [6.45, 7) is 8.47. The summed E-state index contributed by atoms with van der Waals surface area (Å²) in [5.74, 6) is 1.00. The highest BCUT2D eigenvalue weighted by atomic mass is 32.2. The Bertz CT molecular complexity index is 1030. The number of amides is 3. The lowest BCUT2D eigenvalue weighted by Crippen LogP contribution is -2.57. The Hall–Kier alpha value is -2.73. The van der Waals surface area contributed by atoms with Crippen LogP contribution < -0.4 is 10.1 Å². The molecule has 2 heterocycles. The van der Waals surface area contributed by atoms with E-state index in [2.05, 4.69) is 15.0 Å². The molecule has 1 saturated heterocycles. The lowest BCUT2D eigenvalue weighted by atomic mass is 10.0. The van der Waals surface area contributed by atoms with Crippen LogP contribution >= 0.6 is 11.8 Å². The van der Waals surface area contributed by atoms with Crippen molar-refractivity contribution in [2.45, 2.75) is 83.3 Å². The SMILES string of the molecule is COC(=O)NCCCc1cc([C@@H](C)N(C(=O)[C@H]2CN(C(=O)OC(C)(C)C)C[C@@H](CSC)O2)C2CC2)cc(OC)n1. The average Bonchev–Trinajstić information content (AvgIpc) is 3.75. The number of aryl methyl sites for hydroxylation is 1. The Labute approximate surface area is 241 Å². The zero-order valence-electron chi connectivity index (χ0n) is 24.7. The summed E-state index contributed by atoms with van der Waals surface area (Å²) in [5, 5.41) is 2.67. The van der Waals surface area contributed by atoms with E-state index in [9.17, 15) is 14.4 Å². The molecule has 1 N–H and O–H groups in total. The van der Waals surface area contributed by atoms with Crippen LogP contribution in [0, 0.1) is 0 Å². The molecule has 12 heteroatoms. The molecule has 1 aromatic heterocycles. The van der Waals surface area contributed by atoms with Crippen molar-refractivity contribution in [3.05, 3.63) is 23.4 Å². The predicted molar refractivity (Wildman–Crippen MR) is 153 cm³/mol. The monoisotopic (exact) mass is 580 g/mol. The Balaban J connectivity index is 1.79. The molecule has 1 aromatic rings. The minimum atomic E-state index is -0.783. The first-order chi connectivity index (χ1) is 18.9. The molecule has 2 fully saturated rings. The molecule has 0 aromatic carbocycles. The number of nitrogens with one attached hydrogen (secondary N) is 1. The van der Waals surface area contributed by atoms with E-state index in [0.717, 1.165) is 24.1 Å². The second kappa shape index (κ2) is 14.2. The quantitative estimate of drug-likeness (QED) is 0.390. The number of alkyl carbamates (subject to hydrolysis) is 1. The predicted octanol–water partition coefficient (Wildman–Crippen LogP) is 3.80. The van der Waals surface area contributed by atoms with Gasteiger partial charge in [0.05, 0.1) is 39.5 Å². The molecule has 224 valence electrons. The van der Waals surface area contributed by atoms with Gasteiger partial charge < -0.3 is 34.1 Å². The lowest BCUT2D eigenvalue weighted by Gasteiger charge is -2.40. The van der Waals surface area contributed by atoms with Crippen LogP contribution in [0.4, 0.5) is 9.59 Å². The van der Waals surface area contributed by atoms with Crippen LogP contribution in [0.2, 0.25) is 0 Å². The fraction of sp³-hybridized carbons (Fsp3) is 0.714.